The highest BCUT2D eigenvalue weighted by Crippen LogP contribution is 2.30. The molecule has 4 N–H and O–H groups in total. The number of sulfone groups is 1. The van der Waals surface area contributed by atoms with Gasteiger partial charge in [0, 0.05) is 24.1 Å². The summed E-state index contributed by atoms with van der Waals surface area (Å²) >= 11 is 0. The van der Waals surface area contributed by atoms with E-state index < -0.39 is 27.6 Å². The maximum Gasteiger partial charge on any atom is 0.416 e. The Bertz CT molecular complexity index is 1590. The van der Waals surface area contributed by atoms with Gasteiger partial charge in [-0.2, -0.15) is 13.2 Å². The standard InChI is InChI=1S/C29H27F3N4O3S/c1-40(38,39)27-8-3-2-7-26(27)22-11-15-24(16-12-22)34-28(37)36(35-25-6-4-5-21(17-25)18-33)19-20-9-13-23(14-10-20)29(30,31)32/h2-17,35H,18-19,33H2,1H3,(H,34,37). The minimum absolute atomic E-state index is 0.0450. The van der Waals surface area contributed by atoms with Gasteiger partial charge in [-0.1, -0.05) is 54.6 Å². The monoisotopic (exact) mass is 568 g/mol. The molecule has 2 amide bonds. The number of halogens is 3. The molecule has 4 rings (SSSR count). The number of hydrogen-bond donors (Lipinski definition) is 3. The first-order chi connectivity index (χ1) is 18.9. The molecule has 0 spiro atoms. The Labute approximate surface area is 230 Å². The van der Waals surface area contributed by atoms with E-state index >= 15 is 0 Å². The Hall–Kier alpha value is -4.35. The molecule has 0 fully saturated rings. The molecule has 0 aliphatic carbocycles. The van der Waals surface area contributed by atoms with Crippen LogP contribution in [0.1, 0.15) is 16.7 Å². The highest BCUT2D eigenvalue weighted by atomic mass is 32.2. The molecule has 7 nitrogen and oxygen atoms in total. The molecule has 0 saturated heterocycles. The highest BCUT2D eigenvalue weighted by Gasteiger charge is 2.30. The average molecular weight is 569 g/mol. The maximum absolute atomic E-state index is 13.3. The SMILES string of the molecule is CS(=O)(=O)c1ccccc1-c1ccc(NC(=O)N(Cc2ccc(C(F)(F)F)cc2)Nc2cccc(CN)c2)cc1. The van der Waals surface area contributed by atoms with Gasteiger partial charge in [0.1, 0.15) is 0 Å². The molecule has 0 radical (unpaired) electrons. The van der Waals surface area contributed by atoms with Crippen molar-refractivity contribution in [2.24, 2.45) is 5.73 Å². The first kappa shape index (κ1) is 28.7. The summed E-state index contributed by atoms with van der Waals surface area (Å²) in [6.45, 7) is 0.242. The molecule has 0 aliphatic heterocycles. The van der Waals surface area contributed by atoms with E-state index in [-0.39, 0.29) is 18.0 Å². The van der Waals surface area contributed by atoms with Crippen LogP contribution in [0, 0.1) is 0 Å². The number of urea groups is 1. The van der Waals surface area contributed by atoms with Gasteiger partial charge in [-0.3, -0.25) is 5.43 Å². The summed E-state index contributed by atoms with van der Waals surface area (Å²) < 4.78 is 63.4. The zero-order valence-corrected chi connectivity index (χ0v) is 22.3. The van der Waals surface area contributed by atoms with Crippen LogP contribution in [0.2, 0.25) is 0 Å². The molecule has 208 valence electrons. The van der Waals surface area contributed by atoms with E-state index in [4.69, 9.17) is 5.73 Å². The van der Waals surface area contributed by atoms with Crippen molar-refractivity contribution in [3.05, 3.63) is 114 Å². The quantitative estimate of drug-likeness (QED) is 0.217. The van der Waals surface area contributed by atoms with Gasteiger partial charge in [0.05, 0.1) is 22.7 Å². The third-order valence-corrected chi connectivity index (χ3v) is 7.18. The molecule has 0 aliphatic rings. The van der Waals surface area contributed by atoms with Crippen LogP contribution in [0.5, 0.6) is 0 Å². The highest BCUT2D eigenvalue weighted by molar-refractivity contribution is 7.90. The molecular formula is C29H27F3N4O3S. The predicted molar refractivity (Wildman–Crippen MR) is 149 cm³/mol. The van der Waals surface area contributed by atoms with Crippen molar-refractivity contribution in [1.29, 1.82) is 0 Å². The van der Waals surface area contributed by atoms with Crippen LogP contribution < -0.4 is 16.5 Å². The molecule has 0 unspecified atom stereocenters. The van der Waals surface area contributed by atoms with Crippen LogP contribution in [0.25, 0.3) is 11.1 Å². The normalized spacial score (nSPS) is 11.6. The number of alkyl halides is 3. The number of hydrazine groups is 1. The summed E-state index contributed by atoms with van der Waals surface area (Å²) in [5.74, 6) is 0. The fourth-order valence-electron chi connectivity index (χ4n) is 4.02. The molecule has 4 aromatic carbocycles. The van der Waals surface area contributed by atoms with Crippen LogP contribution >= 0.6 is 0 Å². The van der Waals surface area contributed by atoms with Gasteiger partial charge >= 0.3 is 12.2 Å². The number of hydrogen-bond acceptors (Lipinski definition) is 5. The lowest BCUT2D eigenvalue weighted by atomic mass is 10.1. The first-order valence-corrected chi connectivity index (χ1v) is 14.0. The van der Waals surface area contributed by atoms with Crippen LogP contribution in [0.3, 0.4) is 0 Å². The van der Waals surface area contributed by atoms with Gasteiger partial charge in [-0.05, 0) is 59.2 Å². The summed E-state index contributed by atoms with van der Waals surface area (Å²) in [5.41, 5.74) is 11.4. The summed E-state index contributed by atoms with van der Waals surface area (Å²) in [5, 5.41) is 4.01. The predicted octanol–water partition coefficient (Wildman–Crippen LogP) is 6.30. The van der Waals surface area contributed by atoms with Gasteiger partial charge in [0.2, 0.25) is 0 Å². The molecule has 4 aromatic rings. The van der Waals surface area contributed by atoms with Crippen molar-refractivity contribution in [2.75, 3.05) is 17.0 Å². The van der Waals surface area contributed by atoms with Gasteiger partial charge in [-0.25, -0.2) is 18.2 Å². The molecule has 0 heterocycles. The fourth-order valence-corrected chi connectivity index (χ4v) is 4.93. The van der Waals surface area contributed by atoms with Crippen LogP contribution in [-0.2, 0) is 29.1 Å². The topological polar surface area (TPSA) is 105 Å². The van der Waals surface area contributed by atoms with Crippen molar-refractivity contribution < 1.29 is 26.4 Å². The molecular weight excluding hydrogens is 541 g/mol. The fraction of sp³-hybridized carbons (Fsp3) is 0.138. The Balaban J connectivity index is 1.57. The molecule has 0 aromatic heterocycles. The Morgan fingerprint density at radius 3 is 2.15 bits per heavy atom. The second kappa shape index (κ2) is 11.8. The average Bonchev–Trinajstić information content (AvgIpc) is 2.92. The smallest absolute Gasteiger partial charge is 0.326 e. The van der Waals surface area contributed by atoms with Crippen molar-refractivity contribution in [2.45, 2.75) is 24.2 Å². The summed E-state index contributed by atoms with van der Waals surface area (Å²) in [6.07, 6.45) is -3.33. The van der Waals surface area contributed by atoms with Gasteiger partial charge < -0.3 is 11.1 Å². The van der Waals surface area contributed by atoms with E-state index in [1.807, 2.05) is 6.07 Å². The first-order valence-electron chi connectivity index (χ1n) is 12.1. The Morgan fingerprint density at radius 1 is 0.850 bits per heavy atom. The minimum Gasteiger partial charge on any atom is -0.326 e. The number of nitrogens with zero attached hydrogens (tertiary/aromatic N) is 1. The summed E-state index contributed by atoms with van der Waals surface area (Å²) in [6, 6.07) is 24.4. The van der Waals surface area contributed by atoms with Gasteiger partial charge in [0.25, 0.3) is 0 Å². The molecule has 11 heteroatoms. The number of nitrogens with two attached hydrogens (primary N) is 1. The lowest BCUT2D eigenvalue weighted by Crippen LogP contribution is -2.39. The van der Waals surface area contributed by atoms with Crippen molar-refractivity contribution >= 4 is 27.2 Å². The second-order valence-electron chi connectivity index (χ2n) is 9.07. The van der Waals surface area contributed by atoms with Crippen LogP contribution in [0.15, 0.2) is 102 Å². The number of carbonyl (C=O) groups excluding carboxylic acids is 1. The number of benzene rings is 4. The second-order valence-corrected chi connectivity index (χ2v) is 11.1. The maximum atomic E-state index is 13.3. The number of rotatable bonds is 8. The van der Waals surface area contributed by atoms with E-state index in [9.17, 15) is 26.4 Å². The number of amides is 2. The molecule has 0 bridgehead atoms. The van der Waals surface area contributed by atoms with Crippen molar-refractivity contribution in [3.63, 3.8) is 0 Å². The Morgan fingerprint density at radius 2 is 1.52 bits per heavy atom. The van der Waals surface area contributed by atoms with Crippen LogP contribution in [-0.4, -0.2) is 25.7 Å². The van der Waals surface area contributed by atoms with E-state index in [2.05, 4.69) is 10.7 Å². The number of carbonyl (C=O) groups is 1. The number of nitrogens with one attached hydrogen (secondary N) is 2. The third kappa shape index (κ3) is 7.19. The van der Waals surface area contributed by atoms with E-state index in [0.717, 1.165) is 24.0 Å². The summed E-state index contributed by atoms with van der Waals surface area (Å²) in [7, 11) is -3.45. The minimum atomic E-state index is -4.47. The molecule has 0 saturated carbocycles. The van der Waals surface area contributed by atoms with Gasteiger partial charge in [0.15, 0.2) is 9.84 Å². The zero-order valence-electron chi connectivity index (χ0n) is 21.4. The van der Waals surface area contributed by atoms with Gasteiger partial charge in [-0.15, -0.1) is 0 Å². The van der Waals surface area contributed by atoms with Crippen molar-refractivity contribution in [1.82, 2.24) is 5.01 Å². The molecule has 40 heavy (non-hydrogen) atoms. The largest absolute Gasteiger partial charge is 0.416 e. The van der Waals surface area contributed by atoms with E-state index in [0.29, 0.717) is 28.1 Å². The van der Waals surface area contributed by atoms with E-state index in [1.54, 1.807) is 60.7 Å². The van der Waals surface area contributed by atoms with Crippen molar-refractivity contribution in [3.8, 4) is 11.1 Å². The third-order valence-electron chi connectivity index (χ3n) is 6.03. The van der Waals surface area contributed by atoms with Crippen LogP contribution in [0.4, 0.5) is 29.3 Å². The molecule has 0 atom stereocenters. The Kier molecular flexibility index (Phi) is 8.46. The number of anilines is 2. The lowest BCUT2D eigenvalue weighted by molar-refractivity contribution is -0.137. The lowest BCUT2D eigenvalue weighted by Gasteiger charge is -2.25. The summed E-state index contributed by atoms with van der Waals surface area (Å²) in [4.78, 5) is 13.5. The van der Waals surface area contributed by atoms with E-state index in [1.165, 1.54) is 23.2 Å². The zero-order chi connectivity index (χ0) is 28.9.